The van der Waals surface area contributed by atoms with Crippen LogP contribution in [0.2, 0.25) is 0 Å². The van der Waals surface area contributed by atoms with Gasteiger partial charge in [-0.3, -0.25) is 4.90 Å². The monoisotopic (exact) mass is 306 g/mol. The van der Waals surface area contributed by atoms with Crippen LogP contribution in [-0.4, -0.2) is 26.4 Å². The number of para-hydroxylation sites is 1. The molecular formula is C19H22N4. The van der Waals surface area contributed by atoms with Gasteiger partial charge in [-0.1, -0.05) is 25.1 Å². The molecule has 118 valence electrons. The second-order valence-corrected chi connectivity index (χ2v) is 6.33. The molecule has 4 rings (SSSR count). The quantitative estimate of drug-likeness (QED) is 0.803. The highest BCUT2D eigenvalue weighted by atomic mass is 15.1. The maximum atomic E-state index is 4.78. The van der Waals surface area contributed by atoms with Gasteiger partial charge in [-0.2, -0.15) is 0 Å². The van der Waals surface area contributed by atoms with Gasteiger partial charge in [-0.15, -0.1) is 0 Å². The molecule has 0 atom stereocenters. The van der Waals surface area contributed by atoms with Crippen LogP contribution in [0.5, 0.6) is 0 Å². The molecule has 1 N–H and O–H groups in total. The molecule has 0 aliphatic carbocycles. The van der Waals surface area contributed by atoms with Gasteiger partial charge < -0.3 is 4.98 Å². The van der Waals surface area contributed by atoms with Crippen molar-refractivity contribution in [2.24, 2.45) is 0 Å². The van der Waals surface area contributed by atoms with E-state index < -0.39 is 0 Å². The van der Waals surface area contributed by atoms with E-state index in [1.807, 2.05) is 6.20 Å². The molecule has 2 aromatic heterocycles. The van der Waals surface area contributed by atoms with Gasteiger partial charge in [0.25, 0.3) is 0 Å². The Hall–Kier alpha value is -2.20. The molecule has 0 amide bonds. The van der Waals surface area contributed by atoms with Crippen LogP contribution in [0.1, 0.15) is 36.0 Å². The van der Waals surface area contributed by atoms with E-state index in [-0.39, 0.29) is 0 Å². The largest absolute Gasteiger partial charge is 0.361 e. The van der Waals surface area contributed by atoms with Gasteiger partial charge >= 0.3 is 0 Å². The lowest BCUT2D eigenvalue weighted by molar-refractivity contribution is 0.241. The molecule has 0 fully saturated rings. The van der Waals surface area contributed by atoms with Gasteiger partial charge in [0.1, 0.15) is 5.82 Å². The van der Waals surface area contributed by atoms with Crippen LogP contribution in [0, 0.1) is 0 Å². The van der Waals surface area contributed by atoms with Crippen molar-refractivity contribution in [1.29, 1.82) is 0 Å². The predicted molar refractivity (Wildman–Crippen MR) is 92.1 cm³/mol. The number of hydrogen-bond acceptors (Lipinski definition) is 3. The fraction of sp³-hybridized carbons (Fsp3) is 0.368. The van der Waals surface area contributed by atoms with Crippen LogP contribution in [0.25, 0.3) is 10.9 Å². The minimum absolute atomic E-state index is 0.925. The number of aromatic nitrogens is 3. The van der Waals surface area contributed by atoms with Gasteiger partial charge in [0.15, 0.2) is 0 Å². The summed E-state index contributed by atoms with van der Waals surface area (Å²) in [7, 11) is 0. The smallest absolute Gasteiger partial charge is 0.128 e. The van der Waals surface area contributed by atoms with E-state index in [1.165, 1.54) is 27.7 Å². The summed E-state index contributed by atoms with van der Waals surface area (Å²) in [4.78, 5) is 15.1. The number of aryl methyl sites for hydroxylation is 1. The van der Waals surface area contributed by atoms with E-state index in [9.17, 15) is 0 Å². The highest BCUT2D eigenvalue weighted by molar-refractivity contribution is 5.82. The van der Waals surface area contributed by atoms with E-state index in [0.29, 0.717) is 0 Å². The lowest BCUT2D eigenvalue weighted by Gasteiger charge is -2.27. The summed E-state index contributed by atoms with van der Waals surface area (Å²) in [6, 6.07) is 8.51. The highest BCUT2D eigenvalue weighted by Gasteiger charge is 2.19. The molecule has 0 spiro atoms. The van der Waals surface area contributed by atoms with Crippen molar-refractivity contribution in [2.45, 2.75) is 39.3 Å². The number of hydrogen-bond donors (Lipinski definition) is 1. The summed E-state index contributed by atoms with van der Waals surface area (Å²) < 4.78 is 0. The van der Waals surface area contributed by atoms with Gasteiger partial charge in [0.2, 0.25) is 0 Å². The Morgan fingerprint density at radius 1 is 1.26 bits per heavy atom. The summed E-state index contributed by atoms with van der Waals surface area (Å²) >= 11 is 0. The van der Waals surface area contributed by atoms with E-state index >= 15 is 0 Å². The summed E-state index contributed by atoms with van der Waals surface area (Å²) in [5, 5.41) is 1.33. The molecule has 3 heterocycles. The summed E-state index contributed by atoms with van der Waals surface area (Å²) in [5.74, 6) is 0.986. The maximum Gasteiger partial charge on any atom is 0.128 e. The molecule has 1 aliphatic heterocycles. The van der Waals surface area contributed by atoms with Crippen molar-refractivity contribution >= 4 is 10.9 Å². The average Bonchev–Trinajstić information content (AvgIpc) is 2.98. The molecule has 4 heteroatoms. The first kappa shape index (κ1) is 14.4. The second-order valence-electron chi connectivity index (χ2n) is 6.33. The zero-order chi connectivity index (χ0) is 15.6. The Morgan fingerprint density at radius 2 is 2.17 bits per heavy atom. The minimum Gasteiger partial charge on any atom is -0.361 e. The van der Waals surface area contributed by atoms with Crippen molar-refractivity contribution in [3.63, 3.8) is 0 Å². The lowest BCUT2D eigenvalue weighted by atomic mass is 10.1. The number of benzene rings is 1. The normalized spacial score (nSPS) is 15.0. The van der Waals surface area contributed by atoms with Crippen LogP contribution in [-0.2, 0) is 25.9 Å². The van der Waals surface area contributed by atoms with Crippen molar-refractivity contribution < 1.29 is 0 Å². The molecule has 1 aliphatic rings. The molecule has 1 aromatic carbocycles. The van der Waals surface area contributed by atoms with Crippen LogP contribution in [0.4, 0.5) is 0 Å². The number of fused-ring (bicyclic) bond motifs is 2. The average molecular weight is 306 g/mol. The van der Waals surface area contributed by atoms with Crippen LogP contribution < -0.4 is 0 Å². The first-order chi connectivity index (χ1) is 11.3. The number of nitrogens with one attached hydrogen (secondary N) is 1. The Morgan fingerprint density at radius 3 is 3.09 bits per heavy atom. The van der Waals surface area contributed by atoms with Gasteiger partial charge in [0.05, 0.1) is 5.69 Å². The third kappa shape index (κ3) is 2.86. The molecule has 0 unspecified atom stereocenters. The van der Waals surface area contributed by atoms with Crippen molar-refractivity contribution in [1.82, 2.24) is 19.9 Å². The Bertz CT molecular complexity index is 821. The van der Waals surface area contributed by atoms with Crippen molar-refractivity contribution in [3.8, 4) is 0 Å². The van der Waals surface area contributed by atoms with Crippen molar-refractivity contribution in [3.05, 3.63) is 59.3 Å². The van der Waals surface area contributed by atoms with Gasteiger partial charge in [0, 0.05) is 49.4 Å². The third-order valence-corrected chi connectivity index (χ3v) is 4.62. The van der Waals surface area contributed by atoms with Gasteiger partial charge in [-0.05, 0) is 30.0 Å². The zero-order valence-electron chi connectivity index (χ0n) is 13.5. The number of nitrogens with zero attached hydrogens (tertiary/aromatic N) is 3. The van der Waals surface area contributed by atoms with Crippen LogP contribution in [0.3, 0.4) is 0 Å². The van der Waals surface area contributed by atoms with Crippen LogP contribution >= 0.6 is 0 Å². The number of H-pyrrole nitrogens is 1. The summed E-state index contributed by atoms with van der Waals surface area (Å²) in [5.41, 5.74) is 5.12. The third-order valence-electron chi connectivity index (χ3n) is 4.62. The standard InChI is InChI=1S/C19H22N4/c1-2-5-19-21-10-14-8-9-23(13-18(14)22-19)12-15-11-20-17-7-4-3-6-16(15)17/h3-4,6-7,10-11,20H,2,5,8-9,12-13H2,1H3. The van der Waals surface area contributed by atoms with Crippen LogP contribution in [0.15, 0.2) is 36.7 Å². The summed E-state index contributed by atoms with van der Waals surface area (Å²) in [6.45, 7) is 5.14. The predicted octanol–water partition coefficient (Wildman–Crippen LogP) is 3.47. The topological polar surface area (TPSA) is 44.8 Å². The number of rotatable bonds is 4. The molecule has 3 aromatic rings. The zero-order valence-corrected chi connectivity index (χ0v) is 13.5. The fourth-order valence-electron chi connectivity index (χ4n) is 3.38. The SMILES string of the molecule is CCCc1ncc2c(n1)CN(Cc1c[nH]c3ccccc13)CC2. The molecule has 23 heavy (non-hydrogen) atoms. The van der Waals surface area contributed by atoms with Gasteiger partial charge in [-0.25, -0.2) is 9.97 Å². The molecule has 0 radical (unpaired) electrons. The van der Waals surface area contributed by atoms with Crippen molar-refractivity contribution in [2.75, 3.05) is 6.54 Å². The molecule has 4 nitrogen and oxygen atoms in total. The first-order valence-electron chi connectivity index (χ1n) is 8.44. The number of aromatic amines is 1. The maximum absolute atomic E-state index is 4.78. The van der Waals surface area contributed by atoms with E-state index in [0.717, 1.165) is 44.7 Å². The Kier molecular flexibility index (Phi) is 3.83. The van der Waals surface area contributed by atoms with E-state index in [1.54, 1.807) is 0 Å². The fourth-order valence-corrected chi connectivity index (χ4v) is 3.38. The molecule has 0 saturated carbocycles. The molecule has 0 bridgehead atoms. The van der Waals surface area contributed by atoms with E-state index in [2.05, 4.69) is 52.3 Å². The molecular weight excluding hydrogens is 284 g/mol. The highest BCUT2D eigenvalue weighted by Crippen LogP contribution is 2.23. The lowest BCUT2D eigenvalue weighted by Crippen LogP contribution is -2.31. The Balaban J connectivity index is 1.54. The Labute approximate surface area is 136 Å². The second kappa shape index (κ2) is 6.13. The summed E-state index contributed by atoms with van der Waals surface area (Å²) in [6.07, 6.45) is 7.29. The minimum atomic E-state index is 0.925. The first-order valence-corrected chi connectivity index (χ1v) is 8.44. The molecule has 0 saturated heterocycles. The van der Waals surface area contributed by atoms with E-state index in [4.69, 9.17) is 4.98 Å².